The minimum absolute atomic E-state index is 0.0545. The van der Waals surface area contributed by atoms with Crippen LogP contribution in [0.5, 0.6) is 5.75 Å². The van der Waals surface area contributed by atoms with Gasteiger partial charge in [-0.2, -0.15) is 0 Å². The number of hydrogen-bond donors (Lipinski definition) is 2. The van der Waals surface area contributed by atoms with Crippen LogP contribution in [-0.4, -0.2) is 23.2 Å². The number of anilines is 1. The summed E-state index contributed by atoms with van der Waals surface area (Å²) in [5.41, 5.74) is 1.49. The molecular weight excluding hydrogens is 367 g/mol. The summed E-state index contributed by atoms with van der Waals surface area (Å²) in [7, 11) is 1.58. The van der Waals surface area contributed by atoms with Crippen molar-refractivity contribution in [1.82, 2.24) is 15.5 Å². The highest BCUT2D eigenvalue weighted by atomic mass is 32.1. The first-order valence-electron chi connectivity index (χ1n) is 8.32. The van der Waals surface area contributed by atoms with E-state index in [0.717, 1.165) is 5.56 Å². The van der Waals surface area contributed by atoms with E-state index in [1.807, 2.05) is 13.0 Å². The Kier molecular flexibility index (Phi) is 6.10. The van der Waals surface area contributed by atoms with Crippen molar-refractivity contribution in [2.75, 3.05) is 12.4 Å². The first-order valence-corrected chi connectivity index (χ1v) is 9.13. The number of hydrogen-bond acceptors (Lipinski definition) is 6. The summed E-state index contributed by atoms with van der Waals surface area (Å²) in [6.07, 6.45) is 0. The van der Waals surface area contributed by atoms with Crippen molar-refractivity contribution in [2.45, 2.75) is 19.5 Å². The molecule has 6 nitrogen and oxygen atoms in total. The zero-order valence-corrected chi connectivity index (χ0v) is 15.7. The van der Waals surface area contributed by atoms with E-state index >= 15 is 0 Å². The van der Waals surface area contributed by atoms with Gasteiger partial charge in [0.1, 0.15) is 16.6 Å². The quantitative estimate of drug-likeness (QED) is 0.646. The SMILES string of the molecule is COc1ccc(NC(=O)c2nnc(CN[C@H](C)c3cccc(F)c3)s2)cc1. The second-order valence-electron chi connectivity index (χ2n) is 5.84. The van der Waals surface area contributed by atoms with E-state index in [0.29, 0.717) is 23.0 Å². The molecule has 0 aliphatic rings. The summed E-state index contributed by atoms with van der Waals surface area (Å²) in [4.78, 5) is 12.3. The van der Waals surface area contributed by atoms with Gasteiger partial charge >= 0.3 is 0 Å². The zero-order chi connectivity index (χ0) is 19.2. The molecule has 2 aromatic carbocycles. The molecule has 0 fully saturated rings. The molecule has 3 aromatic rings. The van der Waals surface area contributed by atoms with Gasteiger partial charge in [0.15, 0.2) is 0 Å². The molecule has 140 valence electrons. The van der Waals surface area contributed by atoms with Gasteiger partial charge in [0.2, 0.25) is 5.01 Å². The molecule has 0 bridgehead atoms. The van der Waals surface area contributed by atoms with Gasteiger partial charge in [-0.1, -0.05) is 23.5 Å². The summed E-state index contributed by atoms with van der Waals surface area (Å²) in [6, 6.07) is 13.4. The topological polar surface area (TPSA) is 76.1 Å². The first kappa shape index (κ1) is 18.9. The minimum Gasteiger partial charge on any atom is -0.497 e. The van der Waals surface area contributed by atoms with Crippen LogP contribution in [0.4, 0.5) is 10.1 Å². The number of amides is 1. The third-order valence-corrected chi connectivity index (χ3v) is 4.84. The van der Waals surface area contributed by atoms with Gasteiger partial charge in [-0.05, 0) is 48.9 Å². The van der Waals surface area contributed by atoms with Crippen LogP contribution >= 0.6 is 11.3 Å². The molecule has 1 atom stereocenters. The van der Waals surface area contributed by atoms with Crippen LogP contribution in [0.15, 0.2) is 48.5 Å². The minimum atomic E-state index is -0.318. The van der Waals surface area contributed by atoms with Crippen molar-refractivity contribution in [3.05, 3.63) is 69.9 Å². The van der Waals surface area contributed by atoms with E-state index in [4.69, 9.17) is 4.74 Å². The van der Waals surface area contributed by atoms with Crippen LogP contribution in [0.2, 0.25) is 0 Å². The highest BCUT2D eigenvalue weighted by Gasteiger charge is 2.14. The lowest BCUT2D eigenvalue weighted by Crippen LogP contribution is -2.18. The molecule has 0 spiro atoms. The monoisotopic (exact) mass is 386 g/mol. The van der Waals surface area contributed by atoms with Gasteiger partial charge in [0.05, 0.1) is 13.7 Å². The average molecular weight is 386 g/mol. The first-order chi connectivity index (χ1) is 13.0. The van der Waals surface area contributed by atoms with Crippen LogP contribution in [0.3, 0.4) is 0 Å². The number of benzene rings is 2. The van der Waals surface area contributed by atoms with Gasteiger partial charge in [-0.3, -0.25) is 4.79 Å². The Hall–Kier alpha value is -2.84. The Bertz CT molecular complexity index is 914. The molecule has 0 aliphatic carbocycles. The summed E-state index contributed by atoms with van der Waals surface area (Å²) in [6.45, 7) is 2.37. The molecule has 2 N–H and O–H groups in total. The van der Waals surface area contributed by atoms with Gasteiger partial charge in [0.25, 0.3) is 5.91 Å². The fourth-order valence-corrected chi connectivity index (χ4v) is 3.10. The normalized spacial score (nSPS) is 11.8. The average Bonchev–Trinajstić information content (AvgIpc) is 3.16. The fraction of sp³-hybridized carbons (Fsp3) is 0.211. The van der Waals surface area contributed by atoms with Crippen molar-refractivity contribution >= 4 is 22.9 Å². The Morgan fingerprint density at radius 1 is 1.22 bits per heavy atom. The fourth-order valence-electron chi connectivity index (χ4n) is 2.41. The van der Waals surface area contributed by atoms with Crippen molar-refractivity contribution in [3.8, 4) is 5.75 Å². The Labute approximate surface area is 160 Å². The summed E-state index contributed by atoms with van der Waals surface area (Å²) < 4.78 is 18.4. The number of carbonyl (C=O) groups is 1. The van der Waals surface area contributed by atoms with Crippen molar-refractivity contribution in [3.63, 3.8) is 0 Å². The zero-order valence-electron chi connectivity index (χ0n) is 14.9. The molecular formula is C19H19FN4O2S. The maximum Gasteiger partial charge on any atom is 0.286 e. The van der Waals surface area contributed by atoms with E-state index < -0.39 is 0 Å². The molecule has 1 amide bonds. The molecule has 0 unspecified atom stereocenters. The summed E-state index contributed by atoms with van der Waals surface area (Å²) in [5.74, 6) is 0.126. The molecule has 8 heteroatoms. The van der Waals surface area contributed by atoms with Crippen LogP contribution in [-0.2, 0) is 6.54 Å². The number of nitrogens with zero attached hydrogens (tertiary/aromatic N) is 2. The number of ether oxygens (including phenoxy) is 1. The molecule has 0 radical (unpaired) electrons. The van der Waals surface area contributed by atoms with Crippen molar-refractivity contribution < 1.29 is 13.9 Å². The van der Waals surface area contributed by atoms with E-state index in [1.165, 1.54) is 23.5 Å². The number of methoxy groups -OCH3 is 1. The van der Waals surface area contributed by atoms with Gasteiger partial charge in [0, 0.05) is 11.7 Å². The Morgan fingerprint density at radius 2 is 2.00 bits per heavy atom. The van der Waals surface area contributed by atoms with Gasteiger partial charge in [-0.25, -0.2) is 4.39 Å². The third-order valence-electron chi connectivity index (χ3n) is 3.92. The number of halogens is 1. The van der Waals surface area contributed by atoms with E-state index in [2.05, 4.69) is 20.8 Å². The van der Waals surface area contributed by atoms with Gasteiger partial charge < -0.3 is 15.4 Å². The second-order valence-corrected chi connectivity index (χ2v) is 6.90. The predicted octanol–water partition coefficient (Wildman–Crippen LogP) is 3.79. The third kappa shape index (κ3) is 5.08. The summed E-state index contributed by atoms with van der Waals surface area (Å²) >= 11 is 1.21. The second kappa shape index (κ2) is 8.70. The van der Waals surface area contributed by atoms with Crippen molar-refractivity contribution in [1.29, 1.82) is 0 Å². The molecule has 0 saturated carbocycles. The van der Waals surface area contributed by atoms with Crippen LogP contribution in [0, 0.1) is 5.82 Å². The van der Waals surface area contributed by atoms with Crippen LogP contribution in [0.25, 0.3) is 0 Å². The lowest BCUT2D eigenvalue weighted by molar-refractivity contribution is 0.102. The molecule has 1 heterocycles. The Morgan fingerprint density at radius 3 is 2.70 bits per heavy atom. The maximum absolute atomic E-state index is 13.3. The summed E-state index contributed by atoms with van der Waals surface area (Å²) in [5, 5.41) is 15.0. The number of nitrogens with one attached hydrogen (secondary N) is 2. The highest BCUT2D eigenvalue weighted by molar-refractivity contribution is 7.13. The van der Waals surface area contributed by atoms with E-state index in [1.54, 1.807) is 37.4 Å². The van der Waals surface area contributed by atoms with Crippen molar-refractivity contribution in [2.24, 2.45) is 0 Å². The molecule has 1 aromatic heterocycles. The van der Waals surface area contributed by atoms with Crippen LogP contribution in [0.1, 0.15) is 33.3 Å². The smallest absolute Gasteiger partial charge is 0.286 e. The maximum atomic E-state index is 13.3. The lowest BCUT2D eigenvalue weighted by atomic mass is 10.1. The number of carbonyl (C=O) groups excluding carboxylic acids is 1. The number of aromatic nitrogens is 2. The lowest BCUT2D eigenvalue weighted by Gasteiger charge is -2.12. The molecule has 3 rings (SSSR count). The van der Waals surface area contributed by atoms with E-state index in [9.17, 15) is 9.18 Å². The van der Waals surface area contributed by atoms with Gasteiger partial charge in [-0.15, -0.1) is 10.2 Å². The Balaban J connectivity index is 1.56. The predicted molar refractivity (Wildman–Crippen MR) is 103 cm³/mol. The number of rotatable bonds is 7. The molecule has 0 saturated heterocycles. The van der Waals surface area contributed by atoms with Crippen LogP contribution < -0.4 is 15.4 Å². The molecule has 0 aliphatic heterocycles. The largest absolute Gasteiger partial charge is 0.497 e. The highest BCUT2D eigenvalue weighted by Crippen LogP contribution is 2.18. The molecule has 27 heavy (non-hydrogen) atoms. The van der Waals surface area contributed by atoms with E-state index in [-0.39, 0.29) is 22.8 Å². The standard InChI is InChI=1S/C19H19FN4O2S/c1-12(13-4-3-5-14(20)10-13)21-11-17-23-24-19(27-17)18(25)22-15-6-8-16(26-2)9-7-15/h3-10,12,21H,11H2,1-2H3,(H,22,25)/t12-/m1/s1.